The number of hydrogen-bond acceptors (Lipinski definition) is 7. The average Bonchev–Trinajstić information content (AvgIpc) is 3.19. The van der Waals surface area contributed by atoms with Gasteiger partial charge in [-0.15, -0.1) is 0 Å². The van der Waals surface area contributed by atoms with Crippen LogP contribution in [0.25, 0.3) is 16.6 Å². The summed E-state index contributed by atoms with van der Waals surface area (Å²) in [5.41, 5.74) is 8.11. The number of rotatable bonds is 5. The lowest BCUT2D eigenvalue weighted by molar-refractivity contribution is 0.0283. The standard InChI is InChI=1S/C23H26N6O2/c1-23(2,30)13-31-18-6-19(22-17(7-24)9-27-29(22)12-18)14-3-4-20(26-8-14)28-10-15-5-16(11-28)21(15)25/h3-4,6,8-9,12,15-16,21,30H,5,10-11,13,25H2,1-2H3. The summed E-state index contributed by atoms with van der Waals surface area (Å²) in [5, 5.41) is 23.8. The van der Waals surface area contributed by atoms with Gasteiger partial charge in [0.2, 0.25) is 0 Å². The van der Waals surface area contributed by atoms with E-state index in [-0.39, 0.29) is 6.61 Å². The van der Waals surface area contributed by atoms with Crippen LogP contribution < -0.4 is 15.4 Å². The number of nitrogens with two attached hydrogens (primary N) is 1. The number of nitrogens with zero attached hydrogens (tertiary/aromatic N) is 5. The van der Waals surface area contributed by atoms with Crippen molar-refractivity contribution in [3.05, 3.63) is 42.4 Å². The van der Waals surface area contributed by atoms with Crippen molar-refractivity contribution in [1.29, 1.82) is 5.26 Å². The summed E-state index contributed by atoms with van der Waals surface area (Å²) in [4.78, 5) is 7.02. The maximum atomic E-state index is 10.0. The molecule has 5 heterocycles. The van der Waals surface area contributed by atoms with Crippen molar-refractivity contribution in [2.24, 2.45) is 17.6 Å². The van der Waals surface area contributed by atoms with Crippen molar-refractivity contribution in [2.75, 3.05) is 24.6 Å². The van der Waals surface area contributed by atoms with Crippen molar-refractivity contribution in [2.45, 2.75) is 31.9 Å². The van der Waals surface area contributed by atoms with Crippen LogP contribution in [0.4, 0.5) is 5.82 Å². The third kappa shape index (κ3) is 3.60. The van der Waals surface area contributed by atoms with Crippen molar-refractivity contribution >= 4 is 11.3 Å². The Labute approximate surface area is 180 Å². The summed E-state index contributed by atoms with van der Waals surface area (Å²) >= 11 is 0. The molecular formula is C23H26N6O2. The van der Waals surface area contributed by atoms with Gasteiger partial charge in [-0.25, -0.2) is 9.50 Å². The fourth-order valence-corrected chi connectivity index (χ4v) is 4.58. The van der Waals surface area contributed by atoms with Crippen molar-refractivity contribution < 1.29 is 9.84 Å². The second-order valence-electron chi connectivity index (χ2n) is 9.30. The Morgan fingerprint density at radius 2 is 2.06 bits per heavy atom. The number of aliphatic hydroxyl groups is 1. The molecule has 2 aliphatic heterocycles. The first-order valence-corrected chi connectivity index (χ1v) is 10.6. The van der Waals surface area contributed by atoms with Crippen LogP contribution in [0.1, 0.15) is 25.8 Å². The first kappa shape index (κ1) is 19.8. The summed E-state index contributed by atoms with van der Waals surface area (Å²) in [7, 11) is 0. The lowest BCUT2D eigenvalue weighted by atomic mass is 9.67. The molecule has 8 nitrogen and oxygen atoms in total. The quantitative estimate of drug-likeness (QED) is 0.653. The van der Waals surface area contributed by atoms with Gasteiger partial charge in [0.05, 0.1) is 29.1 Å². The number of aromatic nitrogens is 3. The van der Waals surface area contributed by atoms with E-state index in [0.29, 0.717) is 34.7 Å². The molecule has 6 rings (SSSR count). The molecule has 1 aliphatic carbocycles. The number of anilines is 1. The number of ether oxygens (including phenoxy) is 1. The monoisotopic (exact) mass is 418 g/mol. The van der Waals surface area contributed by atoms with Crippen molar-refractivity contribution in [3.8, 4) is 22.9 Å². The fourth-order valence-electron chi connectivity index (χ4n) is 4.58. The van der Waals surface area contributed by atoms with E-state index in [1.54, 1.807) is 30.8 Å². The van der Waals surface area contributed by atoms with E-state index in [1.165, 1.54) is 6.42 Å². The van der Waals surface area contributed by atoms with Gasteiger partial charge in [0.15, 0.2) is 0 Å². The molecule has 160 valence electrons. The Hall–Kier alpha value is -3.15. The number of nitriles is 1. The van der Waals surface area contributed by atoms with Gasteiger partial charge in [-0.3, -0.25) is 0 Å². The molecule has 3 aromatic rings. The number of pyridine rings is 2. The van der Waals surface area contributed by atoms with E-state index in [4.69, 9.17) is 15.5 Å². The van der Waals surface area contributed by atoms with Gasteiger partial charge in [-0.2, -0.15) is 10.4 Å². The van der Waals surface area contributed by atoms with Gasteiger partial charge < -0.3 is 20.5 Å². The Morgan fingerprint density at radius 1 is 1.29 bits per heavy atom. The Morgan fingerprint density at radius 3 is 2.68 bits per heavy atom. The summed E-state index contributed by atoms with van der Waals surface area (Å²) < 4.78 is 7.43. The molecule has 3 aromatic heterocycles. The highest BCUT2D eigenvalue weighted by molar-refractivity contribution is 5.85. The molecule has 3 fully saturated rings. The molecule has 0 spiro atoms. The third-order valence-corrected chi connectivity index (χ3v) is 6.29. The lowest BCUT2D eigenvalue weighted by Gasteiger charge is -2.52. The predicted octanol–water partition coefficient (Wildman–Crippen LogP) is 2.20. The molecule has 0 aromatic carbocycles. The van der Waals surface area contributed by atoms with E-state index in [2.05, 4.69) is 16.1 Å². The largest absolute Gasteiger partial charge is 0.489 e. The highest BCUT2D eigenvalue weighted by atomic mass is 16.5. The van der Waals surface area contributed by atoms with E-state index in [1.807, 2.05) is 24.4 Å². The lowest BCUT2D eigenvalue weighted by Crippen LogP contribution is -2.62. The van der Waals surface area contributed by atoms with Gasteiger partial charge in [-0.1, -0.05) is 0 Å². The van der Waals surface area contributed by atoms with Gasteiger partial charge in [0.25, 0.3) is 0 Å². The van der Waals surface area contributed by atoms with Crippen LogP contribution in [0.3, 0.4) is 0 Å². The van der Waals surface area contributed by atoms with Crippen molar-refractivity contribution in [1.82, 2.24) is 14.6 Å². The smallest absolute Gasteiger partial charge is 0.138 e. The molecule has 8 heteroatoms. The number of piperidine rings is 2. The zero-order valence-electron chi connectivity index (χ0n) is 17.7. The SMILES string of the molecule is CC(C)(O)COc1cc(-c2ccc(N3CC4CC(C3)C4N)nc2)c2c(C#N)cnn2c1. The van der Waals surface area contributed by atoms with Crippen LogP contribution in [-0.2, 0) is 0 Å². The Balaban J connectivity index is 1.48. The molecule has 3 N–H and O–H groups in total. The normalized spacial score (nSPS) is 22.8. The van der Waals surface area contributed by atoms with Crippen LogP contribution in [-0.4, -0.2) is 51.0 Å². The van der Waals surface area contributed by atoms with Crippen molar-refractivity contribution in [3.63, 3.8) is 0 Å². The summed E-state index contributed by atoms with van der Waals surface area (Å²) in [6.07, 6.45) is 6.32. The van der Waals surface area contributed by atoms with Crippen LogP contribution in [0.2, 0.25) is 0 Å². The number of fused-ring (bicyclic) bond motifs is 3. The minimum atomic E-state index is -0.960. The Kier molecular flexibility index (Phi) is 4.61. The molecule has 0 amide bonds. The Bertz CT molecular complexity index is 1150. The fraction of sp³-hybridized carbons (Fsp3) is 0.435. The second kappa shape index (κ2) is 7.22. The minimum absolute atomic E-state index is 0.140. The average molecular weight is 419 g/mol. The van der Waals surface area contributed by atoms with Crippen LogP contribution >= 0.6 is 0 Å². The first-order valence-electron chi connectivity index (χ1n) is 10.6. The van der Waals surface area contributed by atoms with E-state index in [0.717, 1.165) is 30.0 Å². The van der Waals surface area contributed by atoms with Gasteiger partial charge >= 0.3 is 0 Å². The van der Waals surface area contributed by atoms with E-state index in [9.17, 15) is 10.4 Å². The minimum Gasteiger partial charge on any atom is -0.489 e. The molecule has 1 saturated carbocycles. The van der Waals surface area contributed by atoms with Crippen LogP contribution in [0, 0.1) is 23.2 Å². The summed E-state index contributed by atoms with van der Waals surface area (Å²) in [5.74, 6) is 2.64. The number of hydrogen-bond donors (Lipinski definition) is 2. The maximum absolute atomic E-state index is 10.0. The van der Waals surface area contributed by atoms with Gasteiger partial charge in [0, 0.05) is 36.5 Å². The van der Waals surface area contributed by atoms with Gasteiger partial charge in [-0.05, 0) is 50.3 Å². The second-order valence-corrected chi connectivity index (χ2v) is 9.30. The molecule has 31 heavy (non-hydrogen) atoms. The van der Waals surface area contributed by atoms with Crippen LogP contribution in [0.15, 0.2) is 36.8 Å². The first-order chi connectivity index (χ1) is 14.8. The topological polar surface area (TPSA) is 113 Å². The molecule has 3 aliphatic rings. The van der Waals surface area contributed by atoms with E-state index >= 15 is 0 Å². The maximum Gasteiger partial charge on any atom is 0.138 e. The third-order valence-electron chi connectivity index (χ3n) is 6.29. The molecule has 0 radical (unpaired) electrons. The molecule has 2 unspecified atom stereocenters. The molecular weight excluding hydrogens is 392 g/mol. The van der Waals surface area contributed by atoms with E-state index < -0.39 is 5.60 Å². The summed E-state index contributed by atoms with van der Waals surface area (Å²) in [6.45, 7) is 5.43. The zero-order valence-corrected chi connectivity index (χ0v) is 17.7. The molecule has 2 saturated heterocycles. The zero-order chi connectivity index (χ0) is 21.8. The molecule has 2 bridgehead atoms. The predicted molar refractivity (Wildman–Crippen MR) is 117 cm³/mol. The molecule has 2 atom stereocenters. The summed E-state index contributed by atoms with van der Waals surface area (Å²) in [6, 6.07) is 8.46. The van der Waals surface area contributed by atoms with Gasteiger partial charge in [0.1, 0.15) is 24.2 Å². The highest BCUT2D eigenvalue weighted by Gasteiger charge is 2.44. The van der Waals surface area contributed by atoms with Crippen LogP contribution in [0.5, 0.6) is 5.75 Å². The highest BCUT2D eigenvalue weighted by Crippen LogP contribution is 2.40.